The highest BCUT2D eigenvalue weighted by molar-refractivity contribution is 5.99. The molecule has 2 rings (SSSR count). The van der Waals surface area contributed by atoms with Crippen LogP contribution in [0.15, 0.2) is 18.2 Å². The fourth-order valence-electron chi connectivity index (χ4n) is 1.76. The molecule has 0 heterocycles. The first-order valence-electron chi connectivity index (χ1n) is 5.38. The maximum absolute atomic E-state index is 11.7. The maximum Gasteiger partial charge on any atom is 0.258 e. The monoisotopic (exact) mass is 221 g/mol. The number of phenolic OH excluding ortho intramolecular Hbond substituents is 2. The van der Waals surface area contributed by atoms with Crippen molar-refractivity contribution in [2.45, 2.75) is 13.3 Å². The quantitative estimate of drug-likeness (QED) is 0.724. The molecule has 16 heavy (non-hydrogen) atoms. The van der Waals surface area contributed by atoms with Crippen molar-refractivity contribution in [3.05, 3.63) is 23.8 Å². The second-order valence-corrected chi connectivity index (χ2v) is 4.35. The Balaban J connectivity index is 2.02. The predicted molar refractivity (Wildman–Crippen MR) is 59.4 cm³/mol. The number of amides is 1. The van der Waals surface area contributed by atoms with Crippen molar-refractivity contribution in [2.24, 2.45) is 11.8 Å². The third-order valence-corrected chi connectivity index (χ3v) is 3.05. The van der Waals surface area contributed by atoms with Crippen molar-refractivity contribution in [3.8, 4) is 11.5 Å². The van der Waals surface area contributed by atoms with Gasteiger partial charge in [-0.1, -0.05) is 13.0 Å². The van der Waals surface area contributed by atoms with E-state index in [-0.39, 0.29) is 17.1 Å². The van der Waals surface area contributed by atoms with Crippen LogP contribution >= 0.6 is 0 Å². The van der Waals surface area contributed by atoms with Gasteiger partial charge in [-0.15, -0.1) is 0 Å². The molecule has 4 heteroatoms. The van der Waals surface area contributed by atoms with E-state index >= 15 is 0 Å². The number of benzene rings is 1. The Bertz CT molecular complexity index is 396. The van der Waals surface area contributed by atoms with Gasteiger partial charge < -0.3 is 15.5 Å². The van der Waals surface area contributed by atoms with Crippen molar-refractivity contribution in [1.82, 2.24) is 5.32 Å². The third-order valence-electron chi connectivity index (χ3n) is 3.05. The summed E-state index contributed by atoms with van der Waals surface area (Å²) in [6.07, 6.45) is 1.13. The lowest BCUT2D eigenvalue weighted by molar-refractivity contribution is 0.0946. The van der Waals surface area contributed by atoms with Gasteiger partial charge in [0, 0.05) is 6.54 Å². The molecule has 1 aromatic rings. The zero-order chi connectivity index (χ0) is 11.7. The summed E-state index contributed by atoms with van der Waals surface area (Å²) in [5.41, 5.74) is -0.0456. The van der Waals surface area contributed by atoms with E-state index in [0.717, 1.165) is 6.42 Å². The summed E-state index contributed by atoms with van der Waals surface area (Å²) in [5.74, 6) is 0.396. The minimum Gasteiger partial charge on any atom is -0.507 e. The van der Waals surface area contributed by atoms with Gasteiger partial charge in [0.25, 0.3) is 5.91 Å². The second-order valence-electron chi connectivity index (χ2n) is 4.35. The molecule has 2 atom stereocenters. The molecule has 0 saturated heterocycles. The Morgan fingerprint density at radius 3 is 2.50 bits per heavy atom. The molecule has 0 aliphatic heterocycles. The summed E-state index contributed by atoms with van der Waals surface area (Å²) in [6.45, 7) is 2.74. The van der Waals surface area contributed by atoms with Crippen LogP contribution in [0.25, 0.3) is 0 Å². The average molecular weight is 221 g/mol. The molecule has 0 spiro atoms. The molecule has 86 valence electrons. The number of phenols is 2. The molecule has 4 nitrogen and oxygen atoms in total. The van der Waals surface area contributed by atoms with E-state index in [1.54, 1.807) is 0 Å². The molecular weight excluding hydrogens is 206 g/mol. The van der Waals surface area contributed by atoms with E-state index < -0.39 is 5.91 Å². The van der Waals surface area contributed by atoms with E-state index in [1.807, 2.05) is 0 Å². The minimum absolute atomic E-state index is 0.0456. The lowest BCUT2D eigenvalue weighted by Gasteiger charge is -2.07. The summed E-state index contributed by atoms with van der Waals surface area (Å²) in [4.78, 5) is 11.7. The lowest BCUT2D eigenvalue weighted by atomic mass is 10.1. The van der Waals surface area contributed by atoms with Crippen LogP contribution in [0.3, 0.4) is 0 Å². The number of hydrogen-bond donors (Lipinski definition) is 3. The molecule has 3 N–H and O–H groups in total. The number of nitrogens with one attached hydrogen (secondary N) is 1. The molecular formula is C12H15NO3. The SMILES string of the molecule is CC1CC1CNC(=O)c1c(O)cccc1O. The Kier molecular flexibility index (Phi) is 2.73. The van der Waals surface area contributed by atoms with Crippen molar-refractivity contribution in [2.75, 3.05) is 6.54 Å². The van der Waals surface area contributed by atoms with Crippen molar-refractivity contribution >= 4 is 5.91 Å². The molecule has 1 aliphatic carbocycles. The van der Waals surface area contributed by atoms with Crippen LogP contribution in [0.2, 0.25) is 0 Å². The second kappa shape index (κ2) is 4.04. The summed E-state index contributed by atoms with van der Waals surface area (Å²) >= 11 is 0. The fourth-order valence-corrected chi connectivity index (χ4v) is 1.76. The van der Waals surface area contributed by atoms with Gasteiger partial charge in [0.15, 0.2) is 0 Å². The van der Waals surface area contributed by atoms with Gasteiger partial charge in [0.1, 0.15) is 17.1 Å². The van der Waals surface area contributed by atoms with E-state index in [4.69, 9.17) is 0 Å². The van der Waals surface area contributed by atoms with Crippen LogP contribution in [0.4, 0.5) is 0 Å². The summed E-state index contributed by atoms with van der Waals surface area (Å²) in [7, 11) is 0. The average Bonchev–Trinajstić information content (AvgIpc) is 2.91. The van der Waals surface area contributed by atoms with E-state index in [0.29, 0.717) is 18.4 Å². The molecule has 0 radical (unpaired) electrons. The number of carbonyl (C=O) groups excluding carboxylic acids is 1. The van der Waals surface area contributed by atoms with Gasteiger partial charge in [-0.3, -0.25) is 4.79 Å². The highest BCUT2D eigenvalue weighted by atomic mass is 16.3. The van der Waals surface area contributed by atoms with Crippen molar-refractivity contribution in [1.29, 1.82) is 0 Å². The van der Waals surface area contributed by atoms with Gasteiger partial charge in [0.05, 0.1) is 0 Å². The summed E-state index contributed by atoms with van der Waals surface area (Å²) in [6, 6.07) is 4.26. The zero-order valence-electron chi connectivity index (χ0n) is 9.10. The molecule has 0 aromatic heterocycles. The first-order chi connectivity index (χ1) is 7.59. The first-order valence-corrected chi connectivity index (χ1v) is 5.38. The Morgan fingerprint density at radius 2 is 2.00 bits per heavy atom. The minimum atomic E-state index is -0.422. The number of rotatable bonds is 3. The lowest BCUT2D eigenvalue weighted by Crippen LogP contribution is -2.26. The highest BCUT2D eigenvalue weighted by Crippen LogP contribution is 2.37. The molecule has 1 aromatic carbocycles. The van der Waals surface area contributed by atoms with Gasteiger partial charge in [-0.2, -0.15) is 0 Å². The predicted octanol–water partition coefficient (Wildman–Crippen LogP) is 1.48. The van der Waals surface area contributed by atoms with Crippen LogP contribution in [0.1, 0.15) is 23.7 Å². The highest BCUT2D eigenvalue weighted by Gasteiger charge is 2.32. The molecule has 1 amide bonds. The van der Waals surface area contributed by atoms with Gasteiger partial charge in [-0.05, 0) is 30.4 Å². The van der Waals surface area contributed by atoms with Crippen LogP contribution < -0.4 is 5.32 Å². The molecule has 2 unspecified atom stereocenters. The molecule has 1 saturated carbocycles. The maximum atomic E-state index is 11.7. The third kappa shape index (κ3) is 2.10. The molecule has 0 bridgehead atoms. The topological polar surface area (TPSA) is 69.6 Å². The van der Waals surface area contributed by atoms with Crippen LogP contribution in [0.5, 0.6) is 11.5 Å². The van der Waals surface area contributed by atoms with E-state index in [1.165, 1.54) is 18.2 Å². The standard InChI is InChI=1S/C12H15NO3/c1-7-5-8(7)6-13-12(16)11-9(14)3-2-4-10(11)15/h2-4,7-8,14-15H,5-6H2,1H3,(H,13,16). The van der Waals surface area contributed by atoms with Gasteiger partial charge >= 0.3 is 0 Å². The fraction of sp³-hybridized carbons (Fsp3) is 0.417. The van der Waals surface area contributed by atoms with Crippen molar-refractivity contribution in [3.63, 3.8) is 0 Å². The summed E-state index contributed by atoms with van der Waals surface area (Å²) < 4.78 is 0. The smallest absolute Gasteiger partial charge is 0.258 e. The Morgan fingerprint density at radius 1 is 1.44 bits per heavy atom. The number of aromatic hydroxyl groups is 2. The first kappa shape index (κ1) is 10.8. The molecule has 1 aliphatic rings. The van der Waals surface area contributed by atoms with Crippen LogP contribution in [-0.4, -0.2) is 22.7 Å². The van der Waals surface area contributed by atoms with Crippen molar-refractivity contribution < 1.29 is 15.0 Å². The van der Waals surface area contributed by atoms with E-state index in [9.17, 15) is 15.0 Å². The largest absolute Gasteiger partial charge is 0.507 e. The van der Waals surface area contributed by atoms with E-state index in [2.05, 4.69) is 12.2 Å². The zero-order valence-corrected chi connectivity index (χ0v) is 9.10. The normalized spacial score (nSPS) is 22.8. The Labute approximate surface area is 93.9 Å². The molecule has 1 fully saturated rings. The number of carbonyl (C=O) groups is 1. The Hall–Kier alpha value is -1.71. The van der Waals surface area contributed by atoms with Crippen LogP contribution in [-0.2, 0) is 0 Å². The van der Waals surface area contributed by atoms with Gasteiger partial charge in [0.2, 0.25) is 0 Å². The van der Waals surface area contributed by atoms with Gasteiger partial charge in [-0.25, -0.2) is 0 Å². The van der Waals surface area contributed by atoms with Crippen LogP contribution in [0, 0.1) is 11.8 Å². The number of hydrogen-bond acceptors (Lipinski definition) is 3. The summed E-state index contributed by atoms with van der Waals surface area (Å²) in [5, 5.41) is 21.7.